The van der Waals surface area contributed by atoms with Gasteiger partial charge in [0.1, 0.15) is 11.8 Å². The number of hydrogen-bond donors (Lipinski definition) is 1. The molecular formula is C13H17N5O. The van der Waals surface area contributed by atoms with Gasteiger partial charge in [-0.25, -0.2) is 15.0 Å². The molecule has 2 unspecified atom stereocenters. The van der Waals surface area contributed by atoms with Crippen LogP contribution in [-0.4, -0.2) is 45.2 Å². The maximum absolute atomic E-state index is 5.92. The van der Waals surface area contributed by atoms with Crippen molar-refractivity contribution in [3.63, 3.8) is 0 Å². The maximum Gasteiger partial charge on any atom is 0.182 e. The van der Waals surface area contributed by atoms with E-state index in [1.54, 1.807) is 12.7 Å². The monoisotopic (exact) mass is 259 g/mol. The first kappa shape index (κ1) is 11.2. The van der Waals surface area contributed by atoms with E-state index in [4.69, 9.17) is 4.74 Å². The van der Waals surface area contributed by atoms with Crippen molar-refractivity contribution in [2.45, 2.75) is 37.8 Å². The summed E-state index contributed by atoms with van der Waals surface area (Å²) in [5.41, 5.74) is 1.68. The number of nitrogens with zero attached hydrogens (tertiary/aromatic N) is 4. The molecule has 6 heteroatoms. The van der Waals surface area contributed by atoms with Gasteiger partial charge in [0.2, 0.25) is 0 Å². The zero-order valence-corrected chi connectivity index (χ0v) is 10.7. The van der Waals surface area contributed by atoms with Crippen LogP contribution in [0.25, 0.3) is 11.2 Å². The third kappa shape index (κ3) is 1.78. The molecule has 2 fully saturated rings. The number of aromatic amines is 1. The molecule has 19 heavy (non-hydrogen) atoms. The normalized spacial score (nSPS) is 27.5. The van der Waals surface area contributed by atoms with Crippen LogP contribution >= 0.6 is 0 Å². The van der Waals surface area contributed by atoms with Crippen molar-refractivity contribution in [2.75, 3.05) is 18.1 Å². The molecule has 2 atom stereocenters. The van der Waals surface area contributed by atoms with E-state index in [2.05, 4.69) is 24.8 Å². The Kier molecular flexibility index (Phi) is 2.61. The molecule has 100 valence electrons. The Labute approximate surface area is 111 Å². The average molecular weight is 259 g/mol. The summed E-state index contributed by atoms with van der Waals surface area (Å²) in [6.07, 6.45) is 8.54. The van der Waals surface area contributed by atoms with Crippen LogP contribution in [0.2, 0.25) is 0 Å². The largest absolute Gasteiger partial charge is 0.374 e. The van der Waals surface area contributed by atoms with E-state index in [0.29, 0.717) is 12.1 Å². The molecule has 1 saturated heterocycles. The standard InChI is InChI=1S/C13H17N5O/c1-2-4-10-9(3-1)18(5-6-19-10)13-11-12(15-7-14-11)16-8-17-13/h7-10H,1-6H2,(H,14,15,16,17). The molecule has 3 heterocycles. The molecule has 2 aromatic heterocycles. The first-order chi connectivity index (χ1) is 9.43. The van der Waals surface area contributed by atoms with Gasteiger partial charge in [0.05, 0.1) is 25.1 Å². The summed E-state index contributed by atoms with van der Waals surface area (Å²) < 4.78 is 5.92. The molecule has 2 aromatic rings. The lowest BCUT2D eigenvalue weighted by atomic mass is 9.90. The molecule has 1 aliphatic carbocycles. The lowest BCUT2D eigenvalue weighted by Crippen LogP contribution is -2.53. The van der Waals surface area contributed by atoms with Crippen molar-refractivity contribution in [3.05, 3.63) is 12.7 Å². The van der Waals surface area contributed by atoms with Crippen LogP contribution in [0.3, 0.4) is 0 Å². The summed E-state index contributed by atoms with van der Waals surface area (Å²) in [7, 11) is 0. The van der Waals surface area contributed by atoms with Crippen LogP contribution in [0.5, 0.6) is 0 Å². The van der Waals surface area contributed by atoms with Crippen LogP contribution in [0.4, 0.5) is 5.82 Å². The zero-order chi connectivity index (χ0) is 12.7. The molecule has 0 aromatic carbocycles. The van der Waals surface area contributed by atoms with E-state index < -0.39 is 0 Å². The van der Waals surface area contributed by atoms with Gasteiger partial charge in [-0.1, -0.05) is 12.8 Å². The minimum atomic E-state index is 0.357. The highest BCUT2D eigenvalue weighted by Crippen LogP contribution is 2.32. The topological polar surface area (TPSA) is 66.9 Å². The Hall–Kier alpha value is -1.69. The van der Waals surface area contributed by atoms with Crippen LogP contribution in [0, 0.1) is 0 Å². The predicted molar refractivity (Wildman–Crippen MR) is 71.0 cm³/mol. The lowest BCUT2D eigenvalue weighted by molar-refractivity contribution is -0.00888. The highest BCUT2D eigenvalue weighted by molar-refractivity contribution is 5.82. The number of rotatable bonds is 1. The van der Waals surface area contributed by atoms with E-state index in [-0.39, 0.29) is 0 Å². The van der Waals surface area contributed by atoms with Gasteiger partial charge >= 0.3 is 0 Å². The predicted octanol–water partition coefficient (Wildman–Crippen LogP) is 1.50. The third-order valence-corrected chi connectivity index (χ3v) is 4.21. The van der Waals surface area contributed by atoms with E-state index in [9.17, 15) is 0 Å². The smallest absolute Gasteiger partial charge is 0.182 e. The second kappa shape index (κ2) is 4.45. The van der Waals surface area contributed by atoms with Crippen molar-refractivity contribution in [1.29, 1.82) is 0 Å². The fraction of sp³-hybridized carbons (Fsp3) is 0.615. The van der Waals surface area contributed by atoms with Crippen LogP contribution < -0.4 is 4.90 Å². The molecule has 0 bridgehead atoms. The summed E-state index contributed by atoms with van der Waals surface area (Å²) >= 11 is 0. The fourth-order valence-corrected chi connectivity index (χ4v) is 3.33. The van der Waals surface area contributed by atoms with Gasteiger partial charge in [0.25, 0.3) is 0 Å². The van der Waals surface area contributed by atoms with Crippen LogP contribution in [0.15, 0.2) is 12.7 Å². The van der Waals surface area contributed by atoms with E-state index in [1.165, 1.54) is 25.7 Å². The lowest BCUT2D eigenvalue weighted by Gasteiger charge is -2.44. The van der Waals surface area contributed by atoms with Gasteiger partial charge in [-0.3, -0.25) is 0 Å². The molecule has 0 radical (unpaired) electrons. The van der Waals surface area contributed by atoms with Crippen LogP contribution in [-0.2, 0) is 4.74 Å². The number of H-pyrrole nitrogens is 1. The van der Waals surface area contributed by atoms with E-state index in [1.807, 2.05) is 0 Å². The summed E-state index contributed by atoms with van der Waals surface area (Å²) in [5.74, 6) is 0.975. The second-order valence-corrected chi connectivity index (χ2v) is 5.25. The number of nitrogens with one attached hydrogen (secondary N) is 1. The number of imidazole rings is 1. The van der Waals surface area contributed by atoms with Crippen molar-refractivity contribution in [3.8, 4) is 0 Å². The SMILES string of the molecule is c1nc(N2CCOC3CCCCC32)c2[nH]cnc2n1. The molecule has 1 N–H and O–H groups in total. The molecule has 1 aliphatic heterocycles. The van der Waals surface area contributed by atoms with Crippen molar-refractivity contribution < 1.29 is 4.74 Å². The Balaban J connectivity index is 1.75. The third-order valence-electron chi connectivity index (χ3n) is 4.21. The van der Waals surface area contributed by atoms with Gasteiger partial charge in [-0.05, 0) is 12.8 Å². The number of anilines is 1. The molecule has 1 saturated carbocycles. The molecular weight excluding hydrogens is 242 g/mol. The summed E-state index contributed by atoms with van der Waals surface area (Å²) in [5, 5.41) is 0. The minimum Gasteiger partial charge on any atom is -0.374 e. The highest BCUT2D eigenvalue weighted by atomic mass is 16.5. The zero-order valence-electron chi connectivity index (χ0n) is 10.7. The number of fused-ring (bicyclic) bond motifs is 2. The quantitative estimate of drug-likeness (QED) is 0.840. The van der Waals surface area contributed by atoms with Gasteiger partial charge in [-0.15, -0.1) is 0 Å². The first-order valence-electron chi connectivity index (χ1n) is 6.96. The average Bonchev–Trinajstić information content (AvgIpc) is 2.95. The van der Waals surface area contributed by atoms with Gasteiger partial charge in [-0.2, -0.15) is 0 Å². The molecule has 0 spiro atoms. The number of morpholine rings is 1. The first-order valence-corrected chi connectivity index (χ1v) is 6.96. The van der Waals surface area contributed by atoms with Gasteiger partial charge in [0.15, 0.2) is 11.5 Å². The van der Waals surface area contributed by atoms with Crippen molar-refractivity contribution in [2.24, 2.45) is 0 Å². The Morgan fingerprint density at radius 1 is 1.21 bits per heavy atom. The maximum atomic E-state index is 5.92. The molecule has 4 rings (SSSR count). The minimum absolute atomic E-state index is 0.357. The fourth-order valence-electron chi connectivity index (χ4n) is 3.33. The van der Waals surface area contributed by atoms with E-state index >= 15 is 0 Å². The van der Waals surface area contributed by atoms with Gasteiger partial charge < -0.3 is 14.6 Å². The molecule has 6 nitrogen and oxygen atoms in total. The molecule has 0 amide bonds. The van der Waals surface area contributed by atoms with E-state index in [0.717, 1.165) is 30.1 Å². The summed E-state index contributed by atoms with van der Waals surface area (Å²) in [6, 6.07) is 0.448. The number of hydrogen-bond acceptors (Lipinski definition) is 5. The Morgan fingerprint density at radius 2 is 2.16 bits per heavy atom. The summed E-state index contributed by atoms with van der Waals surface area (Å²) in [4.78, 5) is 18.4. The summed E-state index contributed by atoms with van der Waals surface area (Å²) in [6.45, 7) is 1.67. The van der Waals surface area contributed by atoms with Gasteiger partial charge in [0, 0.05) is 6.54 Å². The number of aromatic nitrogens is 4. The number of ether oxygens (including phenoxy) is 1. The highest BCUT2D eigenvalue weighted by Gasteiger charge is 2.35. The van der Waals surface area contributed by atoms with Crippen molar-refractivity contribution in [1.82, 2.24) is 19.9 Å². The Bertz CT molecular complexity index is 581. The second-order valence-electron chi connectivity index (χ2n) is 5.25. The molecule has 2 aliphatic rings. The Morgan fingerprint density at radius 3 is 3.16 bits per heavy atom. The van der Waals surface area contributed by atoms with Crippen molar-refractivity contribution >= 4 is 17.0 Å². The van der Waals surface area contributed by atoms with Crippen LogP contribution in [0.1, 0.15) is 25.7 Å².